The molecule has 3 heteroatoms. The lowest BCUT2D eigenvalue weighted by atomic mass is 10.2. The number of carbonyl (C=O) groups is 1. The molecule has 0 radical (unpaired) electrons. The SMILES string of the molecule is O=Cc1occ2cc(Cl)ccc12. The summed E-state index contributed by atoms with van der Waals surface area (Å²) in [5.41, 5.74) is 0. The first-order valence-corrected chi connectivity index (χ1v) is 3.81. The lowest BCUT2D eigenvalue weighted by Gasteiger charge is -1.88. The van der Waals surface area contributed by atoms with Gasteiger partial charge in [-0.15, -0.1) is 0 Å². The second-order valence-corrected chi connectivity index (χ2v) is 2.89. The van der Waals surface area contributed by atoms with Gasteiger partial charge in [-0.1, -0.05) is 11.6 Å². The molecule has 0 aliphatic rings. The summed E-state index contributed by atoms with van der Waals surface area (Å²) in [7, 11) is 0. The van der Waals surface area contributed by atoms with Gasteiger partial charge in [0.15, 0.2) is 12.0 Å². The highest BCUT2D eigenvalue weighted by Gasteiger charge is 2.03. The zero-order chi connectivity index (χ0) is 8.55. The first-order valence-electron chi connectivity index (χ1n) is 3.43. The Bertz CT molecular complexity index is 431. The Labute approximate surface area is 73.7 Å². The molecule has 0 aliphatic heterocycles. The minimum atomic E-state index is 0.349. The standard InChI is InChI=1S/C9H5ClO2/c10-7-1-2-8-6(3-7)5-12-9(8)4-11/h1-5H. The molecule has 1 aromatic heterocycles. The summed E-state index contributed by atoms with van der Waals surface area (Å²) >= 11 is 5.74. The molecule has 1 heterocycles. The summed E-state index contributed by atoms with van der Waals surface area (Å²) in [5, 5.41) is 2.29. The third-order valence-corrected chi connectivity index (χ3v) is 1.93. The molecular formula is C9H5ClO2. The molecule has 0 N–H and O–H groups in total. The Morgan fingerprint density at radius 3 is 3.00 bits per heavy atom. The summed E-state index contributed by atoms with van der Waals surface area (Å²) < 4.78 is 4.99. The predicted molar refractivity (Wildman–Crippen MR) is 46.6 cm³/mol. The van der Waals surface area contributed by atoms with Crippen molar-refractivity contribution < 1.29 is 9.21 Å². The third-order valence-electron chi connectivity index (χ3n) is 1.70. The molecule has 0 fully saturated rings. The van der Waals surface area contributed by atoms with Crippen LogP contribution in [0.2, 0.25) is 5.02 Å². The van der Waals surface area contributed by atoms with Gasteiger partial charge in [0.1, 0.15) is 0 Å². The highest BCUT2D eigenvalue weighted by Crippen LogP contribution is 2.22. The van der Waals surface area contributed by atoms with Gasteiger partial charge in [0.05, 0.1) is 6.26 Å². The zero-order valence-corrected chi connectivity index (χ0v) is 6.84. The second kappa shape index (κ2) is 2.64. The molecule has 2 rings (SSSR count). The predicted octanol–water partition coefficient (Wildman–Crippen LogP) is 2.90. The summed E-state index contributed by atoms with van der Waals surface area (Å²) in [6, 6.07) is 5.25. The summed E-state index contributed by atoms with van der Waals surface area (Å²) in [4.78, 5) is 10.4. The quantitative estimate of drug-likeness (QED) is 0.632. The van der Waals surface area contributed by atoms with E-state index in [4.69, 9.17) is 16.0 Å². The van der Waals surface area contributed by atoms with Crippen molar-refractivity contribution in [1.82, 2.24) is 0 Å². The van der Waals surface area contributed by atoms with Gasteiger partial charge in [-0.2, -0.15) is 0 Å². The number of carbonyl (C=O) groups excluding carboxylic acids is 1. The smallest absolute Gasteiger partial charge is 0.185 e. The average molecular weight is 181 g/mol. The minimum absolute atomic E-state index is 0.349. The molecule has 0 unspecified atom stereocenters. The molecule has 0 amide bonds. The molecule has 2 nitrogen and oxygen atoms in total. The van der Waals surface area contributed by atoms with Gasteiger partial charge in [0.25, 0.3) is 0 Å². The van der Waals surface area contributed by atoms with Crippen LogP contribution in [-0.2, 0) is 0 Å². The Morgan fingerprint density at radius 1 is 1.42 bits per heavy atom. The van der Waals surface area contributed by atoms with Gasteiger partial charge in [0, 0.05) is 15.8 Å². The monoisotopic (exact) mass is 180 g/mol. The number of furan rings is 1. The molecular weight excluding hydrogens is 176 g/mol. The fraction of sp³-hybridized carbons (Fsp3) is 0. The molecule has 1 aromatic carbocycles. The number of aldehydes is 1. The van der Waals surface area contributed by atoms with Crippen molar-refractivity contribution in [3.63, 3.8) is 0 Å². The normalized spacial score (nSPS) is 10.4. The van der Waals surface area contributed by atoms with Crippen LogP contribution in [0.1, 0.15) is 10.6 Å². The Balaban J connectivity index is 2.81. The van der Waals surface area contributed by atoms with Crippen LogP contribution in [0.5, 0.6) is 0 Å². The maximum Gasteiger partial charge on any atom is 0.185 e. The lowest BCUT2D eigenvalue weighted by molar-refractivity contribution is 0.110. The number of rotatable bonds is 1. The summed E-state index contributed by atoms with van der Waals surface area (Å²) in [6.45, 7) is 0. The third kappa shape index (κ3) is 1.01. The number of hydrogen-bond acceptors (Lipinski definition) is 2. The van der Waals surface area contributed by atoms with E-state index in [1.54, 1.807) is 18.2 Å². The Morgan fingerprint density at radius 2 is 2.25 bits per heavy atom. The number of halogens is 1. The highest BCUT2D eigenvalue weighted by atomic mass is 35.5. The zero-order valence-electron chi connectivity index (χ0n) is 6.08. The van der Waals surface area contributed by atoms with E-state index in [1.807, 2.05) is 0 Å². The van der Waals surface area contributed by atoms with Crippen LogP contribution >= 0.6 is 11.6 Å². The molecule has 0 spiro atoms. The van der Waals surface area contributed by atoms with E-state index >= 15 is 0 Å². The second-order valence-electron chi connectivity index (χ2n) is 2.45. The molecule has 0 saturated carbocycles. The molecule has 0 bridgehead atoms. The van der Waals surface area contributed by atoms with Crippen LogP contribution in [0.15, 0.2) is 28.9 Å². The Kier molecular flexibility index (Phi) is 1.62. The fourth-order valence-electron chi connectivity index (χ4n) is 1.14. The van der Waals surface area contributed by atoms with E-state index in [-0.39, 0.29) is 0 Å². The van der Waals surface area contributed by atoms with Crippen molar-refractivity contribution in [2.24, 2.45) is 0 Å². The van der Waals surface area contributed by atoms with Crippen molar-refractivity contribution >= 4 is 28.7 Å². The van der Waals surface area contributed by atoms with E-state index in [1.165, 1.54) is 6.26 Å². The number of hydrogen-bond donors (Lipinski definition) is 0. The van der Waals surface area contributed by atoms with Gasteiger partial charge in [0.2, 0.25) is 0 Å². The maximum atomic E-state index is 10.4. The number of benzene rings is 1. The maximum absolute atomic E-state index is 10.4. The molecule has 0 aliphatic carbocycles. The van der Waals surface area contributed by atoms with Gasteiger partial charge < -0.3 is 4.42 Å². The van der Waals surface area contributed by atoms with Gasteiger partial charge >= 0.3 is 0 Å². The van der Waals surface area contributed by atoms with Crippen molar-refractivity contribution in [3.05, 3.63) is 35.2 Å². The average Bonchev–Trinajstić information content (AvgIpc) is 2.46. The first-order chi connectivity index (χ1) is 5.81. The molecule has 60 valence electrons. The van der Waals surface area contributed by atoms with Crippen molar-refractivity contribution in [2.45, 2.75) is 0 Å². The molecule has 0 atom stereocenters. The topological polar surface area (TPSA) is 30.2 Å². The molecule has 0 saturated heterocycles. The first kappa shape index (κ1) is 7.37. The van der Waals surface area contributed by atoms with Crippen LogP contribution in [0.25, 0.3) is 10.8 Å². The van der Waals surface area contributed by atoms with Gasteiger partial charge in [-0.05, 0) is 18.2 Å². The largest absolute Gasteiger partial charge is 0.460 e. The van der Waals surface area contributed by atoms with E-state index < -0.39 is 0 Å². The number of fused-ring (bicyclic) bond motifs is 1. The van der Waals surface area contributed by atoms with E-state index in [0.29, 0.717) is 17.1 Å². The van der Waals surface area contributed by atoms with Crippen molar-refractivity contribution in [3.8, 4) is 0 Å². The summed E-state index contributed by atoms with van der Waals surface area (Å²) in [6.07, 6.45) is 2.21. The molecule has 2 aromatic rings. The van der Waals surface area contributed by atoms with Crippen LogP contribution < -0.4 is 0 Å². The van der Waals surface area contributed by atoms with Gasteiger partial charge in [-0.3, -0.25) is 4.79 Å². The van der Waals surface area contributed by atoms with E-state index in [9.17, 15) is 4.79 Å². The van der Waals surface area contributed by atoms with E-state index in [0.717, 1.165) is 10.8 Å². The Hall–Kier alpha value is -1.28. The van der Waals surface area contributed by atoms with Crippen LogP contribution in [0.4, 0.5) is 0 Å². The summed E-state index contributed by atoms with van der Waals surface area (Å²) in [5.74, 6) is 0.349. The highest BCUT2D eigenvalue weighted by molar-refractivity contribution is 6.31. The van der Waals surface area contributed by atoms with Crippen LogP contribution in [0, 0.1) is 0 Å². The van der Waals surface area contributed by atoms with E-state index in [2.05, 4.69) is 0 Å². The molecule has 12 heavy (non-hydrogen) atoms. The minimum Gasteiger partial charge on any atom is -0.460 e. The fourth-order valence-corrected chi connectivity index (χ4v) is 1.32. The van der Waals surface area contributed by atoms with Gasteiger partial charge in [-0.25, -0.2) is 0 Å². The van der Waals surface area contributed by atoms with Crippen LogP contribution in [-0.4, -0.2) is 6.29 Å². The van der Waals surface area contributed by atoms with Crippen LogP contribution in [0.3, 0.4) is 0 Å². The van der Waals surface area contributed by atoms with Crippen molar-refractivity contribution in [2.75, 3.05) is 0 Å². The van der Waals surface area contributed by atoms with Crippen molar-refractivity contribution in [1.29, 1.82) is 0 Å². The lowest BCUT2D eigenvalue weighted by Crippen LogP contribution is -1.73.